The molecule has 2 aromatic carbocycles. The Bertz CT molecular complexity index is 1440. The number of alkyl halides is 2. The molecule has 0 spiro atoms. The monoisotopic (exact) mass is 511 g/mol. The molecule has 3 rings (SSSR count). The van der Waals surface area contributed by atoms with Gasteiger partial charge in [-0.2, -0.15) is 0 Å². The zero-order valence-corrected chi connectivity index (χ0v) is 17.1. The molecular weight excluding hydrogens is 486 g/mol. The first kappa shape index (κ1) is 17.8. The van der Waals surface area contributed by atoms with Crippen LogP contribution in [-0.2, 0) is 14.4 Å². The van der Waals surface area contributed by atoms with Gasteiger partial charge in [0.1, 0.15) is 11.4 Å². The summed E-state index contributed by atoms with van der Waals surface area (Å²) < 4.78 is 142. The minimum Gasteiger partial charge on any atom is -0.497 e. The van der Waals surface area contributed by atoms with Crippen LogP contribution in [0.4, 0.5) is 32.0 Å². The number of carbonyl (C=O) groups is 2. The largest absolute Gasteiger partial charge is 0.497 e. The summed E-state index contributed by atoms with van der Waals surface area (Å²) in [5.41, 5.74) is -4.69. The summed E-state index contributed by atoms with van der Waals surface area (Å²) in [4.78, 5) is 29.1. The molecule has 0 heterocycles. The number of nitrogens with one attached hydrogen (secondary N) is 2. The van der Waals surface area contributed by atoms with Gasteiger partial charge in [-0.3, -0.25) is 14.4 Å². The maximum absolute atomic E-state index is 14.9. The highest BCUT2D eigenvalue weighted by atomic mass is 19.3. The molecule has 0 radical (unpaired) electrons. The second kappa shape index (κ2) is 10.4. The lowest BCUT2D eigenvalue weighted by molar-refractivity contribution is -0.131. The third kappa shape index (κ3) is 5.41. The number of carbonyl (C=O) groups excluding carboxylic acids is 2. The summed E-state index contributed by atoms with van der Waals surface area (Å²) in [6.07, 6.45) is -3.00. The highest BCUT2D eigenvalue weighted by Crippen LogP contribution is 2.41. The molecule has 0 unspecified atom stereocenters. The molecule has 0 saturated carbocycles. The van der Waals surface area contributed by atoms with Gasteiger partial charge < -0.3 is 15.2 Å². The van der Waals surface area contributed by atoms with Gasteiger partial charge in [0.2, 0.25) is 0 Å². The highest BCUT2D eigenvalue weighted by molar-refractivity contribution is 6.11. The molecule has 0 aromatic heterocycles. The van der Waals surface area contributed by atoms with Gasteiger partial charge >= 0.3 is 0 Å². The molecule has 0 aliphatic heterocycles. The van der Waals surface area contributed by atoms with Gasteiger partial charge in [0.15, 0.2) is 23.3 Å². The number of methoxy groups -OCH3 is 1. The van der Waals surface area contributed by atoms with Crippen LogP contribution in [0.2, 0.25) is 0 Å². The Hall–Kier alpha value is -3.58. The highest BCUT2D eigenvalue weighted by Gasteiger charge is 2.44. The van der Waals surface area contributed by atoms with Gasteiger partial charge in [-0.15, -0.1) is 0 Å². The van der Waals surface area contributed by atoms with Crippen molar-refractivity contribution in [1.82, 2.24) is 5.48 Å². The van der Waals surface area contributed by atoms with Crippen LogP contribution in [0.3, 0.4) is 0 Å². The average molecular weight is 511 g/mol. The average Bonchev–Trinajstić information content (AvgIpc) is 3.18. The van der Waals surface area contributed by atoms with E-state index in [0.717, 1.165) is 24.3 Å². The zero-order valence-electron chi connectivity index (χ0n) is 24.1. The van der Waals surface area contributed by atoms with E-state index >= 15 is 0 Å². The summed E-state index contributed by atoms with van der Waals surface area (Å²) in [5.74, 6) is -16.3. The number of hydrogen-bond donors (Lipinski definition) is 3. The molecule has 1 aliphatic rings. The quantitative estimate of drug-likeness (QED) is 0.286. The first-order valence-corrected chi connectivity index (χ1v) is 9.32. The number of hydroxylamine groups is 1. The Kier molecular flexibility index (Phi) is 5.27. The van der Waals surface area contributed by atoms with Gasteiger partial charge in [0, 0.05) is 24.0 Å². The van der Waals surface area contributed by atoms with Crippen LogP contribution in [0.25, 0.3) is 11.1 Å². The van der Waals surface area contributed by atoms with Crippen molar-refractivity contribution in [2.24, 2.45) is 0 Å². The van der Waals surface area contributed by atoms with Gasteiger partial charge in [0.05, 0.1) is 35.3 Å². The third-order valence-electron chi connectivity index (χ3n) is 4.77. The molecule has 0 saturated heterocycles. The fourth-order valence-corrected chi connectivity index (χ4v) is 3.28. The van der Waals surface area contributed by atoms with Crippen LogP contribution in [0.15, 0.2) is 35.4 Å². The summed E-state index contributed by atoms with van der Waals surface area (Å²) in [5, 5.41) is 10.5. The van der Waals surface area contributed by atoms with Crippen molar-refractivity contribution >= 4 is 17.5 Å². The van der Waals surface area contributed by atoms with Crippen molar-refractivity contribution in [2.45, 2.75) is 18.8 Å². The van der Waals surface area contributed by atoms with Gasteiger partial charge in [0.25, 0.3) is 17.7 Å². The lowest BCUT2D eigenvalue weighted by atomic mass is 10.0. The first-order valence-electron chi connectivity index (χ1n) is 12.8. The number of ether oxygens (including phenoxy) is 1. The number of benzene rings is 2. The number of halogens is 6. The second-order valence-corrected chi connectivity index (χ2v) is 7.00. The fourth-order valence-electron chi connectivity index (χ4n) is 3.28. The molecule has 0 fully saturated rings. The first-order chi connectivity index (χ1) is 19.0. The molecule has 7 nitrogen and oxygen atoms in total. The van der Waals surface area contributed by atoms with Crippen molar-refractivity contribution in [1.29, 1.82) is 0 Å². The summed E-state index contributed by atoms with van der Waals surface area (Å²) in [6, 6.07) is 3.84. The van der Waals surface area contributed by atoms with Crippen molar-refractivity contribution < 1.29 is 60.2 Å². The molecule has 2 aromatic rings. The summed E-state index contributed by atoms with van der Waals surface area (Å²) in [6.45, 7) is -7.29. The van der Waals surface area contributed by atoms with Gasteiger partial charge in [-0.1, -0.05) is 12.1 Å². The van der Waals surface area contributed by atoms with E-state index in [1.807, 2.05) is 0 Å². The SMILES string of the molecule is [2H]C([2H])([2H])Oc1cccc(-c2c(F)c(F)c(NC(=O)C3=C(C(=O)NOC([2H])([2H])C([2H])([2H])O)CC(F)(F)C3)c(F)c2F)c1. The Balaban J connectivity index is 1.96. The lowest BCUT2D eigenvalue weighted by Gasteiger charge is -2.14. The number of hydrogen-bond acceptors (Lipinski definition) is 5. The van der Waals surface area contributed by atoms with Crippen molar-refractivity contribution in [3.8, 4) is 16.9 Å². The lowest BCUT2D eigenvalue weighted by Crippen LogP contribution is -2.28. The minimum absolute atomic E-state index is 0.448. The number of aliphatic hydroxyl groups is 1. The van der Waals surface area contributed by atoms with Crippen LogP contribution in [0.5, 0.6) is 5.75 Å². The topological polar surface area (TPSA) is 96.9 Å². The number of anilines is 1. The normalized spacial score (nSPS) is 18.9. The van der Waals surface area contributed by atoms with E-state index in [0.29, 0.717) is 0 Å². The van der Waals surface area contributed by atoms with E-state index in [2.05, 4.69) is 9.57 Å². The second-order valence-electron chi connectivity index (χ2n) is 7.00. The molecule has 35 heavy (non-hydrogen) atoms. The van der Waals surface area contributed by atoms with Crippen LogP contribution in [0.1, 0.15) is 22.4 Å². The van der Waals surface area contributed by atoms with Crippen LogP contribution < -0.4 is 15.5 Å². The van der Waals surface area contributed by atoms with E-state index in [1.165, 1.54) is 10.8 Å². The molecule has 3 N–H and O–H groups in total. The van der Waals surface area contributed by atoms with Crippen molar-refractivity contribution in [2.75, 3.05) is 25.5 Å². The molecule has 188 valence electrons. The third-order valence-corrected chi connectivity index (χ3v) is 4.77. The molecule has 13 heteroatoms. The Morgan fingerprint density at radius 1 is 1.09 bits per heavy atom. The Labute approximate surface area is 204 Å². The fraction of sp³-hybridized carbons (Fsp3) is 0.273. The maximum atomic E-state index is 14.9. The maximum Gasteiger partial charge on any atom is 0.271 e. The van der Waals surface area contributed by atoms with Gasteiger partial charge in [-0.25, -0.2) is 31.8 Å². The van der Waals surface area contributed by atoms with Crippen LogP contribution in [-0.4, -0.2) is 43.0 Å². The Morgan fingerprint density at radius 3 is 2.31 bits per heavy atom. The number of amides is 2. The summed E-state index contributed by atoms with van der Waals surface area (Å²) >= 11 is 0. The van der Waals surface area contributed by atoms with E-state index in [9.17, 15) is 35.9 Å². The van der Waals surface area contributed by atoms with Crippen LogP contribution >= 0.6 is 0 Å². The molecule has 0 bridgehead atoms. The van der Waals surface area contributed by atoms with E-state index < -0.39 is 108 Å². The predicted molar refractivity (Wildman–Crippen MR) is 109 cm³/mol. The number of rotatable bonds is 8. The molecule has 0 atom stereocenters. The van der Waals surface area contributed by atoms with Crippen molar-refractivity contribution in [3.63, 3.8) is 0 Å². The Morgan fingerprint density at radius 2 is 1.71 bits per heavy atom. The molecule has 2 amide bonds. The van der Waals surface area contributed by atoms with Crippen molar-refractivity contribution in [3.05, 3.63) is 58.7 Å². The summed E-state index contributed by atoms with van der Waals surface area (Å²) in [7, 11) is -2.98. The van der Waals surface area contributed by atoms with Crippen LogP contribution in [0, 0.1) is 23.3 Å². The smallest absolute Gasteiger partial charge is 0.271 e. The zero-order chi connectivity index (χ0) is 32.0. The predicted octanol–water partition coefficient (Wildman–Crippen LogP) is 3.62. The standard InChI is InChI=1S/C22H18F6N2O5/c1-34-11-4-2-3-10(7-11)14-15(23)17(25)19(18(26)16(14)24)29-20(32)12-8-22(27,28)9-13(12)21(33)30-35-6-5-31/h2-4,7,31H,5-6,8-9H2,1H3,(H,29,32)(H,30,33)/i1D3,5D2,6D2. The minimum atomic E-state index is -3.80. The molecule has 1 aliphatic carbocycles. The van der Waals surface area contributed by atoms with Gasteiger partial charge in [-0.05, 0) is 17.7 Å². The van der Waals surface area contributed by atoms with E-state index in [-0.39, 0.29) is 0 Å². The van der Waals surface area contributed by atoms with E-state index in [1.54, 1.807) is 0 Å². The molecular formula is C22H18F6N2O5. The van der Waals surface area contributed by atoms with E-state index in [4.69, 9.17) is 14.7 Å².